The van der Waals surface area contributed by atoms with Crippen molar-refractivity contribution in [2.24, 2.45) is 0 Å². The van der Waals surface area contributed by atoms with Gasteiger partial charge in [-0.05, 0) is 58.2 Å². The van der Waals surface area contributed by atoms with Crippen molar-refractivity contribution < 1.29 is 9.09 Å². The first kappa shape index (κ1) is 14.4. The van der Waals surface area contributed by atoms with E-state index >= 15 is 0 Å². The molecule has 0 N–H and O–H groups in total. The van der Waals surface area contributed by atoms with Crippen LogP contribution in [0.3, 0.4) is 0 Å². The zero-order chi connectivity index (χ0) is 13.9. The van der Waals surface area contributed by atoms with Gasteiger partial charge in [0.25, 0.3) is 7.37 Å². The van der Waals surface area contributed by atoms with Gasteiger partial charge in [0.2, 0.25) is 0 Å². The molecule has 2 rings (SSSR count). The topological polar surface area (TPSA) is 26.3 Å². The van der Waals surface area contributed by atoms with Crippen LogP contribution in [0.4, 0.5) is 0 Å². The molecular formula is C16H23O2P. The van der Waals surface area contributed by atoms with Crippen LogP contribution in [0.1, 0.15) is 46.5 Å². The molecule has 0 aromatic heterocycles. The second-order valence-electron chi connectivity index (χ2n) is 6.07. The van der Waals surface area contributed by atoms with Gasteiger partial charge in [-0.15, -0.1) is 0 Å². The van der Waals surface area contributed by atoms with Crippen molar-refractivity contribution in [3.8, 4) is 0 Å². The molecule has 0 saturated carbocycles. The zero-order valence-corrected chi connectivity index (χ0v) is 13.0. The maximum atomic E-state index is 13.4. The molecule has 0 fully saturated rings. The van der Waals surface area contributed by atoms with Crippen molar-refractivity contribution in [1.29, 1.82) is 0 Å². The Hall–Kier alpha value is -1.01. The van der Waals surface area contributed by atoms with Gasteiger partial charge in [-0.1, -0.05) is 18.2 Å². The van der Waals surface area contributed by atoms with Gasteiger partial charge >= 0.3 is 0 Å². The fourth-order valence-electron chi connectivity index (χ4n) is 2.26. The van der Waals surface area contributed by atoms with Crippen molar-refractivity contribution in [2.75, 3.05) is 0 Å². The molecule has 1 aromatic carbocycles. The van der Waals surface area contributed by atoms with Gasteiger partial charge in [0.15, 0.2) is 0 Å². The van der Waals surface area contributed by atoms with Gasteiger partial charge < -0.3 is 4.52 Å². The highest BCUT2D eigenvalue weighted by Crippen LogP contribution is 2.59. The average Bonchev–Trinajstić information content (AvgIpc) is 2.39. The van der Waals surface area contributed by atoms with Gasteiger partial charge in [0.1, 0.15) is 0 Å². The normalized spacial score (nSPS) is 19.4. The summed E-state index contributed by atoms with van der Waals surface area (Å²) in [6, 6.07) is 9.61. The summed E-state index contributed by atoms with van der Waals surface area (Å²) in [5.41, 5.74) is 0. The second kappa shape index (κ2) is 5.54. The molecule has 1 aliphatic rings. The van der Waals surface area contributed by atoms with Gasteiger partial charge in [-0.2, -0.15) is 0 Å². The highest BCUT2D eigenvalue weighted by Gasteiger charge is 2.41. The van der Waals surface area contributed by atoms with Crippen molar-refractivity contribution in [2.45, 2.75) is 51.6 Å². The molecule has 0 spiro atoms. The average molecular weight is 278 g/mol. The molecule has 1 unspecified atom stereocenters. The number of hydrogen-bond acceptors (Lipinski definition) is 2. The largest absolute Gasteiger partial charge is 0.444 e. The van der Waals surface area contributed by atoms with E-state index in [-0.39, 0.29) is 0 Å². The highest BCUT2D eigenvalue weighted by molar-refractivity contribution is 7.68. The summed E-state index contributed by atoms with van der Waals surface area (Å²) < 4.78 is 19.5. The Bertz CT molecular complexity index is 497. The van der Waals surface area contributed by atoms with E-state index in [1.807, 2.05) is 51.1 Å². The highest BCUT2D eigenvalue weighted by atomic mass is 31.2. The van der Waals surface area contributed by atoms with E-state index in [1.54, 1.807) is 0 Å². The minimum atomic E-state index is -2.89. The van der Waals surface area contributed by atoms with Gasteiger partial charge in [-0.25, -0.2) is 0 Å². The summed E-state index contributed by atoms with van der Waals surface area (Å²) in [7, 11) is -2.89. The maximum Gasteiger partial charge on any atom is 0.282 e. The Morgan fingerprint density at radius 2 is 1.79 bits per heavy atom. The van der Waals surface area contributed by atoms with Gasteiger partial charge in [-0.3, -0.25) is 4.57 Å². The molecule has 2 nitrogen and oxygen atoms in total. The van der Waals surface area contributed by atoms with Crippen LogP contribution in [0.15, 0.2) is 42.2 Å². The third-order valence-electron chi connectivity index (χ3n) is 3.47. The molecule has 0 aliphatic heterocycles. The van der Waals surface area contributed by atoms with Crippen LogP contribution in [0.25, 0.3) is 0 Å². The minimum absolute atomic E-state index is 0.396. The first-order valence-corrected chi connectivity index (χ1v) is 8.60. The van der Waals surface area contributed by atoms with E-state index in [1.165, 1.54) is 6.42 Å². The summed E-state index contributed by atoms with van der Waals surface area (Å²) in [4.78, 5) is 0. The molecule has 0 heterocycles. The summed E-state index contributed by atoms with van der Waals surface area (Å²) >= 11 is 0. The fourth-order valence-corrected chi connectivity index (χ4v) is 4.47. The van der Waals surface area contributed by atoms with Crippen molar-refractivity contribution >= 4 is 12.7 Å². The zero-order valence-electron chi connectivity index (χ0n) is 12.1. The number of benzene rings is 1. The molecular weight excluding hydrogens is 255 g/mol. The number of rotatable bonds is 3. The summed E-state index contributed by atoms with van der Waals surface area (Å²) in [6.45, 7) is 5.97. The summed E-state index contributed by atoms with van der Waals surface area (Å²) in [6.07, 6.45) is 6.38. The van der Waals surface area contributed by atoms with E-state index in [9.17, 15) is 4.57 Å². The van der Waals surface area contributed by atoms with E-state index in [2.05, 4.69) is 6.08 Å². The summed E-state index contributed by atoms with van der Waals surface area (Å²) in [5.74, 6) is 0.911. The molecule has 0 radical (unpaired) electrons. The standard InChI is InChI=1S/C16H23O2P/c1-16(2,3)19(17,15-12-8-5-9-13-15)18-14-10-6-4-7-11-14/h5,8-10,12-13H,4,6-7,11H2,1-3H3. The number of hydrogen-bond donors (Lipinski definition) is 0. The third kappa shape index (κ3) is 3.12. The van der Waals surface area contributed by atoms with Gasteiger partial charge in [0.05, 0.1) is 10.9 Å². The molecule has 3 heteroatoms. The predicted molar refractivity (Wildman–Crippen MR) is 81.1 cm³/mol. The lowest BCUT2D eigenvalue weighted by Crippen LogP contribution is -2.25. The Labute approximate surface area is 116 Å². The van der Waals surface area contributed by atoms with Crippen LogP contribution in [0, 0.1) is 0 Å². The van der Waals surface area contributed by atoms with Crippen LogP contribution in [-0.2, 0) is 9.09 Å². The fraction of sp³-hybridized carbons (Fsp3) is 0.500. The number of allylic oxidation sites excluding steroid dienone is 2. The van der Waals surface area contributed by atoms with E-state index in [4.69, 9.17) is 4.52 Å². The lowest BCUT2D eigenvalue weighted by Gasteiger charge is -2.33. The Morgan fingerprint density at radius 3 is 2.32 bits per heavy atom. The molecule has 0 amide bonds. The molecule has 19 heavy (non-hydrogen) atoms. The van der Waals surface area contributed by atoms with Crippen molar-refractivity contribution in [3.63, 3.8) is 0 Å². The van der Waals surface area contributed by atoms with Crippen LogP contribution in [0.5, 0.6) is 0 Å². The van der Waals surface area contributed by atoms with Gasteiger partial charge in [0, 0.05) is 11.7 Å². The lowest BCUT2D eigenvalue weighted by atomic mass is 10.1. The Balaban J connectivity index is 2.36. The van der Waals surface area contributed by atoms with E-state index < -0.39 is 12.5 Å². The molecule has 1 aromatic rings. The Morgan fingerprint density at radius 1 is 1.11 bits per heavy atom. The van der Waals surface area contributed by atoms with Crippen LogP contribution >= 0.6 is 7.37 Å². The quantitative estimate of drug-likeness (QED) is 0.738. The van der Waals surface area contributed by atoms with Crippen molar-refractivity contribution in [1.82, 2.24) is 0 Å². The second-order valence-corrected chi connectivity index (χ2v) is 9.21. The minimum Gasteiger partial charge on any atom is -0.444 e. The monoisotopic (exact) mass is 278 g/mol. The van der Waals surface area contributed by atoms with E-state index in [0.29, 0.717) is 0 Å². The molecule has 0 saturated heterocycles. The molecule has 1 atom stereocenters. The van der Waals surface area contributed by atoms with Crippen LogP contribution in [-0.4, -0.2) is 5.16 Å². The van der Waals surface area contributed by atoms with Crippen LogP contribution < -0.4 is 5.30 Å². The first-order valence-electron chi connectivity index (χ1n) is 6.98. The van der Waals surface area contributed by atoms with Crippen molar-refractivity contribution in [3.05, 3.63) is 42.2 Å². The lowest BCUT2D eigenvalue weighted by molar-refractivity contribution is 0.362. The van der Waals surface area contributed by atoms with Crippen LogP contribution in [0.2, 0.25) is 0 Å². The Kier molecular flexibility index (Phi) is 4.20. The molecule has 1 aliphatic carbocycles. The summed E-state index contributed by atoms with van der Waals surface area (Å²) in [5, 5.41) is 0.418. The maximum absolute atomic E-state index is 13.4. The SMILES string of the molecule is CC(C)(C)P(=O)(OC1=CCCCC1)c1ccccc1. The van der Waals surface area contributed by atoms with E-state index in [0.717, 1.165) is 30.3 Å². The smallest absolute Gasteiger partial charge is 0.282 e. The predicted octanol–water partition coefficient (Wildman–Crippen LogP) is 4.86. The molecule has 0 bridgehead atoms. The molecule has 104 valence electrons. The third-order valence-corrected chi connectivity index (χ3v) is 6.71. The first-order chi connectivity index (χ1) is 8.93.